The Labute approximate surface area is 149 Å². The van der Waals surface area contributed by atoms with Gasteiger partial charge in [0.1, 0.15) is 5.49 Å². The average Bonchev–Trinajstić information content (AvgIpc) is 2.57. The van der Waals surface area contributed by atoms with Crippen LogP contribution in [0.5, 0.6) is 0 Å². The maximum Gasteiger partial charge on any atom is 0.324 e. The Morgan fingerprint density at radius 2 is 2.04 bits per heavy atom. The number of aliphatic carboxylic acids is 1. The van der Waals surface area contributed by atoms with Crippen LogP contribution in [0.2, 0.25) is 0 Å². The van der Waals surface area contributed by atoms with Crippen molar-refractivity contribution >= 4 is 17.8 Å². The molecular weight excluding hydrogens is 343 g/mol. The van der Waals surface area contributed by atoms with Crippen molar-refractivity contribution in [3.63, 3.8) is 0 Å². The van der Waals surface area contributed by atoms with E-state index in [1.165, 1.54) is 24.8 Å². The molecule has 9 nitrogen and oxygen atoms in total. The number of carbonyl (C=O) groups is 2. The lowest BCUT2D eigenvalue weighted by Gasteiger charge is -2.08. The van der Waals surface area contributed by atoms with Gasteiger partial charge in [0.15, 0.2) is 17.5 Å². The predicted molar refractivity (Wildman–Crippen MR) is 93.0 cm³/mol. The van der Waals surface area contributed by atoms with Gasteiger partial charge in [0.25, 0.3) is 0 Å². The van der Waals surface area contributed by atoms with Crippen LogP contribution in [0.3, 0.4) is 0 Å². The zero-order chi connectivity index (χ0) is 19.7. The summed E-state index contributed by atoms with van der Waals surface area (Å²) in [6.07, 6.45) is 3.24. The van der Waals surface area contributed by atoms with Crippen molar-refractivity contribution < 1.29 is 19.1 Å². The van der Waals surface area contributed by atoms with Crippen molar-refractivity contribution in [2.45, 2.75) is 26.7 Å². The molecule has 2 heterocycles. The van der Waals surface area contributed by atoms with Crippen molar-refractivity contribution in [3.8, 4) is 11.4 Å². The number of halogens is 1. The highest BCUT2D eigenvalue weighted by Crippen LogP contribution is 2.17. The summed E-state index contributed by atoms with van der Waals surface area (Å²) in [7, 11) is 0. The Bertz CT molecular complexity index is 837. The van der Waals surface area contributed by atoms with E-state index in [9.17, 15) is 14.0 Å². The van der Waals surface area contributed by atoms with Gasteiger partial charge in [-0.3, -0.25) is 14.8 Å². The van der Waals surface area contributed by atoms with Gasteiger partial charge >= 0.3 is 12.0 Å². The molecule has 0 fully saturated rings. The number of nitrogens with one attached hydrogen (secondary N) is 2. The number of hydrogen-bond donors (Lipinski definition) is 4. The minimum absolute atomic E-state index is 0.00432. The fourth-order valence-electron chi connectivity index (χ4n) is 1.73. The lowest BCUT2D eigenvalue weighted by Crippen LogP contribution is -2.30. The second-order valence-corrected chi connectivity index (χ2v) is 5.18. The van der Waals surface area contributed by atoms with Crippen molar-refractivity contribution in [2.24, 2.45) is 5.73 Å². The van der Waals surface area contributed by atoms with Crippen LogP contribution in [0.15, 0.2) is 24.5 Å². The standard InChI is InChI=1S/C13H13FN6O3.C3H8/c14-8-5-18-11(19-12(8)17-4-3-10(21)22)7-1-2-9(15)20(6-7)13(16)23;1-3-2/h1-2,5-6,15H,3-4H2,(H2,16,23)(H,21,22)(H,17,18,19);3H2,1-2H3. The molecular formula is C16H21FN6O3. The molecule has 2 rings (SSSR count). The third-order valence-electron chi connectivity index (χ3n) is 2.82. The molecule has 0 aromatic carbocycles. The number of carboxylic acids is 1. The van der Waals surface area contributed by atoms with Gasteiger partial charge in [-0.15, -0.1) is 0 Å². The molecule has 140 valence electrons. The van der Waals surface area contributed by atoms with Crippen LogP contribution in [-0.4, -0.2) is 38.2 Å². The Kier molecular flexibility index (Phi) is 7.87. The highest BCUT2D eigenvalue weighted by molar-refractivity contribution is 5.75. The van der Waals surface area contributed by atoms with Crippen LogP contribution >= 0.6 is 0 Å². The number of pyridine rings is 1. The number of nitrogens with zero attached hydrogens (tertiary/aromatic N) is 3. The molecule has 0 saturated carbocycles. The van der Waals surface area contributed by atoms with E-state index in [0.717, 1.165) is 10.8 Å². The number of amides is 1. The molecule has 0 aliphatic heterocycles. The number of carbonyl (C=O) groups excluding carboxylic acids is 1. The fraction of sp³-hybridized carbons (Fsp3) is 0.312. The van der Waals surface area contributed by atoms with Crippen LogP contribution < -0.4 is 16.5 Å². The first kappa shape index (κ1) is 20.7. The van der Waals surface area contributed by atoms with E-state index in [1.807, 2.05) is 0 Å². The maximum atomic E-state index is 13.6. The molecule has 10 heteroatoms. The van der Waals surface area contributed by atoms with Gasteiger partial charge in [-0.05, 0) is 12.1 Å². The third kappa shape index (κ3) is 5.96. The molecule has 2 aromatic heterocycles. The zero-order valence-corrected chi connectivity index (χ0v) is 14.5. The Balaban J connectivity index is 0.00000105. The van der Waals surface area contributed by atoms with Gasteiger partial charge in [-0.25, -0.2) is 19.2 Å². The zero-order valence-electron chi connectivity index (χ0n) is 14.5. The SMILES string of the molecule is CCC.N=c1ccc(-c2ncc(F)c(NCCC(=O)O)n2)cn1C(N)=O. The van der Waals surface area contributed by atoms with Crippen LogP contribution in [-0.2, 0) is 4.79 Å². The first-order valence-corrected chi connectivity index (χ1v) is 7.85. The van der Waals surface area contributed by atoms with Gasteiger partial charge in [-0.1, -0.05) is 20.3 Å². The summed E-state index contributed by atoms with van der Waals surface area (Å²) in [5.74, 6) is -1.82. The number of carboxylic acid groups (broad SMARTS) is 1. The summed E-state index contributed by atoms with van der Waals surface area (Å²) in [5, 5.41) is 18.7. The maximum absolute atomic E-state index is 13.6. The molecule has 0 bridgehead atoms. The minimum atomic E-state index is -1.03. The number of rotatable bonds is 5. The van der Waals surface area contributed by atoms with Gasteiger partial charge in [0.05, 0.1) is 12.6 Å². The quantitative estimate of drug-likeness (QED) is 0.636. The molecule has 0 atom stereocenters. The van der Waals surface area contributed by atoms with Crippen molar-refractivity contribution in [1.29, 1.82) is 5.41 Å². The van der Waals surface area contributed by atoms with E-state index in [2.05, 4.69) is 29.1 Å². The van der Waals surface area contributed by atoms with E-state index in [-0.39, 0.29) is 30.1 Å². The van der Waals surface area contributed by atoms with Crippen LogP contribution in [0.25, 0.3) is 11.4 Å². The molecule has 2 aromatic rings. The van der Waals surface area contributed by atoms with E-state index < -0.39 is 17.8 Å². The van der Waals surface area contributed by atoms with Gasteiger partial charge in [0, 0.05) is 18.3 Å². The second kappa shape index (κ2) is 9.87. The molecule has 1 amide bonds. The molecule has 0 unspecified atom stereocenters. The highest BCUT2D eigenvalue weighted by atomic mass is 19.1. The summed E-state index contributed by atoms with van der Waals surface area (Å²) in [4.78, 5) is 29.5. The molecule has 0 aliphatic rings. The monoisotopic (exact) mass is 364 g/mol. The number of hydrogen-bond acceptors (Lipinski definition) is 6. The lowest BCUT2D eigenvalue weighted by molar-refractivity contribution is -0.136. The predicted octanol–water partition coefficient (Wildman–Crippen LogP) is 1.79. The number of aromatic nitrogens is 3. The first-order valence-electron chi connectivity index (χ1n) is 7.85. The van der Waals surface area contributed by atoms with Crippen LogP contribution in [0.4, 0.5) is 15.0 Å². The Morgan fingerprint density at radius 3 is 2.62 bits per heavy atom. The fourth-order valence-corrected chi connectivity index (χ4v) is 1.73. The van der Waals surface area contributed by atoms with E-state index in [1.54, 1.807) is 0 Å². The van der Waals surface area contributed by atoms with Gasteiger partial charge in [0.2, 0.25) is 0 Å². The second-order valence-electron chi connectivity index (χ2n) is 5.18. The van der Waals surface area contributed by atoms with Gasteiger partial charge < -0.3 is 16.2 Å². The Morgan fingerprint density at radius 1 is 1.38 bits per heavy atom. The third-order valence-corrected chi connectivity index (χ3v) is 2.82. The summed E-state index contributed by atoms with van der Waals surface area (Å²) >= 11 is 0. The van der Waals surface area contributed by atoms with Crippen LogP contribution in [0.1, 0.15) is 26.7 Å². The molecule has 26 heavy (non-hydrogen) atoms. The topological polar surface area (TPSA) is 147 Å². The summed E-state index contributed by atoms with van der Waals surface area (Å²) < 4.78 is 14.5. The average molecular weight is 364 g/mol. The number of anilines is 1. The molecule has 0 radical (unpaired) electrons. The smallest absolute Gasteiger partial charge is 0.324 e. The van der Waals surface area contributed by atoms with Crippen molar-refractivity contribution in [3.05, 3.63) is 35.8 Å². The summed E-state index contributed by atoms with van der Waals surface area (Å²) in [6.45, 7) is 4.25. The summed E-state index contributed by atoms with van der Waals surface area (Å²) in [6, 6.07) is 1.96. The number of nitrogens with two attached hydrogens (primary N) is 1. The van der Waals surface area contributed by atoms with Gasteiger partial charge in [-0.2, -0.15) is 0 Å². The molecule has 0 spiro atoms. The first-order chi connectivity index (χ1) is 12.3. The molecule has 0 saturated heterocycles. The number of primary amides is 1. The van der Waals surface area contributed by atoms with E-state index >= 15 is 0 Å². The van der Waals surface area contributed by atoms with E-state index in [4.69, 9.17) is 16.2 Å². The lowest BCUT2D eigenvalue weighted by atomic mass is 10.2. The van der Waals surface area contributed by atoms with E-state index in [0.29, 0.717) is 5.56 Å². The minimum Gasteiger partial charge on any atom is -0.481 e. The van der Waals surface area contributed by atoms with Crippen LogP contribution in [0, 0.1) is 11.2 Å². The molecule has 0 aliphatic carbocycles. The van der Waals surface area contributed by atoms with Crippen molar-refractivity contribution in [1.82, 2.24) is 14.5 Å². The highest BCUT2D eigenvalue weighted by Gasteiger charge is 2.10. The largest absolute Gasteiger partial charge is 0.481 e. The Hall–Kier alpha value is -3.30. The van der Waals surface area contributed by atoms with Crippen molar-refractivity contribution in [2.75, 3.05) is 11.9 Å². The summed E-state index contributed by atoms with van der Waals surface area (Å²) in [5.41, 5.74) is 5.37. The molecule has 5 N–H and O–H groups in total. The normalized spacial score (nSPS) is 9.81.